The number of aliphatic carboxylic acids is 1. The summed E-state index contributed by atoms with van der Waals surface area (Å²) in [6.45, 7) is 10.0. The van der Waals surface area contributed by atoms with Gasteiger partial charge in [-0.15, -0.1) is 0 Å². The molecule has 0 spiro atoms. The Kier molecular flexibility index (Phi) is 12.9. The molecule has 2 atom stereocenters. The maximum absolute atomic E-state index is 12.6. The normalized spacial score (nSPS) is 12.6. The Morgan fingerprint density at radius 2 is 1.43 bits per heavy atom. The molecule has 2 unspecified atom stereocenters. The van der Waals surface area contributed by atoms with Gasteiger partial charge in [0.25, 0.3) is 0 Å². The van der Waals surface area contributed by atoms with Crippen LogP contribution in [0, 0.1) is 26.2 Å². The molecule has 28 heavy (non-hydrogen) atoms. The van der Waals surface area contributed by atoms with Gasteiger partial charge in [-0.25, -0.2) is 0 Å². The highest BCUT2D eigenvalue weighted by Crippen LogP contribution is 2.32. The minimum absolute atomic E-state index is 0.181. The van der Waals surface area contributed by atoms with Crippen molar-refractivity contribution in [2.45, 2.75) is 92.4 Å². The number of unbranched alkanes of at least 4 members (excludes halogenated alkanes) is 4. The first-order chi connectivity index (χ1) is 13.2. The summed E-state index contributed by atoms with van der Waals surface area (Å²) in [7, 11) is 1.17. The van der Waals surface area contributed by atoms with Gasteiger partial charge in [0.05, 0.1) is 5.41 Å². The van der Waals surface area contributed by atoms with Crippen LogP contribution in [0.2, 0.25) is 0 Å². The number of carbonyl (C=O) groups is 2. The molecule has 1 N–H and O–H groups in total. The number of hydrogen-bond acceptors (Lipinski definition) is 3. The van der Waals surface area contributed by atoms with E-state index in [1.165, 1.54) is 21.1 Å². The van der Waals surface area contributed by atoms with Crippen LogP contribution in [0.15, 0.2) is 12.1 Å². The van der Waals surface area contributed by atoms with Crippen molar-refractivity contribution in [1.29, 1.82) is 0 Å². The molecule has 1 aromatic rings. The van der Waals surface area contributed by atoms with Crippen LogP contribution in [0.4, 0.5) is 0 Å². The van der Waals surface area contributed by atoms with Crippen LogP contribution < -0.4 is 0 Å². The Labute approximate surface area is 172 Å². The first kappa shape index (κ1) is 26.5. The van der Waals surface area contributed by atoms with Crippen molar-refractivity contribution in [3.8, 4) is 0 Å². The molecule has 158 valence electrons. The van der Waals surface area contributed by atoms with Crippen LogP contribution in [0.3, 0.4) is 0 Å². The lowest BCUT2D eigenvalue weighted by molar-refractivity contribution is -0.149. The molecule has 0 saturated carbocycles. The summed E-state index contributed by atoms with van der Waals surface area (Å²) in [6.07, 6.45) is 7.80. The van der Waals surface area contributed by atoms with E-state index in [4.69, 9.17) is 4.57 Å². The number of ketones is 1. The van der Waals surface area contributed by atoms with Crippen molar-refractivity contribution in [2.24, 2.45) is 5.41 Å². The fourth-order valence-corrected chi connectivity index (χ4v) is 3.83. The SMILES string of the molecule is CCCCCCC(C)(CCCCC(=O)c1c(C)cc(C)cc1C)C(=O)O.O=[PH2+]. The predicted octanol–water partition coefficient (Wildman–Crippen LogP) is 6.62. The van der Waals surface area contributed by atoms with Gasteiger partial charge >= 0.3 is 15.1 Å². The molecule has 0 heterocycles. The zero-order chi connectivity index (χ0) is 21.7. The summed E-state index contributed by atoms with van der Waals surface area (Å²) in [4.78, 5) is 24.3. The van der Waals surface area contributed by atoms with Gasteiger partial charge in [0.1, 0.15) is 0 Å². The van der Waals surface area contributed by atoms with E-state index < -0.39 is 11.4 Å². The molecule has 1 rings (SSSR count). The average Bonchev–Trinajstić information content (AvgIpc) is 2.63. The highest BCUT2D eigenvalue weighted by Gasteiger charge is 2.31. The minimum Gasteiger partial charge on any atom is -0.481 e. The third-order valence-corrected chi connectivity index (χ3v) is 5.44. The van der Waals surface area contributed by atoms with Gasteiger partial charge in [-0.3, -0.25) is 9.59 Å². The maximum Gasteiger partial charge on any atom is 0.310 e. The van der Waals surface area contributed by atoms with Crippen LogP contribution in [-0.2, 0) is 9.36 Å². The molecule has 0 saturated heterocycles. The van der Waals surface area contributed by atoms with E-state index in [-0.39, 0.29) is 5.78 Å². The van der Waals surface area contributed by atoms with Crippen molar-refractivity contribution < 1.29 is 19.3 Å². The van der Waals surface area contributed by atoms with E-state index in [0.717, 1.165) is 55.2 Å². The van der Waals surface area contributed by atoms with Gasteiger partial charge in [-0.1, -0.05) is 61.3 Å². The van der Waals surface area contributed by atoms with Crippen molar-refractivity contribution in [3.63, 3.8) is 0 Å². The largest absolute Gasteiger partial charge is 0.481 e. The van der Waals surface area contributed by atoms with Crippen LogP contribution in [-0.4, -0.2) is 16.9 Å². The van der Waals surface area contributed by atoms with Crippen LogP contribution in [0.25, 0.3) is 0 Å². The number of rotatable bonds is 12. The number of carboxylic acid groups (broad SMARTS) is 1. The zero-order valence-corrected chi connectivity index (χ0v) is 19.4. The van der Waals surface area contributed by atoms with Gasteiger partial charge in [-0.05, 0) is 58.1 Å². The van der Waals surface area contributed by atoms with Crippen molar-refractivity contribution in [3.05, 3.63) is 34.4 Å². The second-order valence-electron chi connectivity index (χ2n) is 8.08. The van der Waals surface area contributed by atoms with E-state index in [1.54, 1.807) is 0 Å². The molecule has 1 aromatic carbocycles. The molecule has 0 amide bonds. The van der Waals surface area contributed by atoms with Crippen molar-refractivity contribution in [2.75, 3.05) is 0 Å². The monoisotopic (exact) mass is 409 g/mol. The summed E-state index contributed by atoms with van der Waals surface area (Å²) in [5.74, 6) is -0.523. The molecule has 0 aliphatic carbocycles. The Morgan fingerprint density at radius 3 is 1.89 bits per heavy atom. The molecule has 4 nitrogen and oxygen atoms in total. The maximum atomic E-state index is 12.6. The van der Waals surface area contributed by atoms with Gasteiger partial charge < -0.3 is 5.11 Å². The quantitative estimate of drug-likeness (QED) is 0.239. The lowest BCUT2D eigenvalue weighted by Crippen LogP contribution is -2.27. The van der Waals surface area contributed by atoms with Crippen LogP contribution in [0.1, 0.15) is 98.7 Å². The number of hydrogen-bond donors (Lipinski definition) is 1. The van der Waals surface area contributed by atoms with Crippen LogP contribution in [0.5, 0.6) is 0 Å². The Bertz CT molecular complexity index is 618. The zero-order valence-electron chi connectivity index (χ0n) is 18.3. The van der Waals surface area contributed by atoms with E-state index in [9.17, 15) is 14.7 Å². The van der Waals surface area contributed by atoms with Gasteiger partial charge in [0.2, 0.25) is 0 Å². The minimum atomic E-state index is -0.703. The lowest BCUT2D eigenvalue weighted by Gasteiger charge is -2.24. The lowest BCUT2D eigenvalue weighted by atomic mass is 9.79. The first-order valence-corrected chi connectivity index (χ1v) is 10.8. The smallest absolute Gasteiger partial charge is 0.310 e. The number of carboxylic acids is 1. The second-order valence-corrected chi connectivity index (χ2v) is 8.08. The molecule has 0 bridgehead atoms. The third-order valence-electron chi connectivity index (χ3n) is 5.44. The summed E-state index contributed by atoms with van der Waals surface area (Å²) in [5.41, 5.74) is 3.44. The third kappa shape index (κ3) is 8.65. The summed E-state index contributed by atoms with van der Waals surface area (Å²) in [6, 6.07) is 4.11. The van der Waals surface area contributed by atoms with Gasteiger partial charge in [0.15, 0.2) is 5.78 Å². The molecular weight excluding hydrogens is 371 g/mol. The standard InChI is InChI=1S/C23H36O3.H2OP/c1-6-7-8-10-13-23(5,22(25)26)14-11-9-12-20(24)21-18(3)15-17(2)16-19(21)4;1-2/h15-16H,6-14H2,1-5H3,(H,25,26);2H2/q;+1. The van der Waals surface area contributed by atoms with Crippen molar-refractivity contribution >= 4 is 20.9 Å². The van der Waals surface area contributed by atoms with E-state index in [0.29, 0.717) is 12.8 Å². The second kappa shape index (κ2) is 13.6. The summed E-state index contributed by atoms with van der Waals surface area (Å²) < 4.78 is 8.17. The average molecular weight is 410 g/mol. The number of Topliss-reactive ketones (excluding diaryl/α,β-unsaturated/α-hetero) is 1. The molecule has 5 heteroatoms. The first-order valence-electron chi connectivity index (χ1n) is 10.3. The Balaban J connectivity index is 0.00000352. The number of aryl methyl sites for hydroxylation is 3. The summed E-state index contributed by atoms with van der Waals surface area (Å²) >= 11 is 0. The van der Waals surface area contributed by atoms with Crippen LogP contribution >= 0.6 is 9.12 Å². The number of carbonyl (C=O) groups excluding carboxylic acids is 1. The van der Waals surface area contributed by atoms with Gasteiger partial charge in [-0.2, -0.15) is 0 Å². The van der Waals surface area contributed by atoms with E-state index in [1.807, 2.05) is 27.7 Å². The predicted molar refractivity (Wildman–Crippen MR) is 118 cm³/mol. The molecular formula is C23H38O4P+. The fourth-order valence-electron chi connectivity index (χ4n) is 3.83. The highest BCUT2D eigenvalue weighted by atomic mass is 31.0. The van der Waals surface area contributed by atoms with Crippen molar-refractivity contribution in [1.82, 2.24) is 0 Å². The topological polar surface area (TPSA) is 71.4 Å². The molecule has 0 fully saturated rings. The number of benzene rings is 1. The Hall–Kier alpha value is -1.54. The highest BCUT2D eigenvalue weighted by molar-refractivity contribution is 7.00. The molecule has 0 radical (unpaired) electrons. The van der Waals surface area contributed by atoms with E-state index in [2.05, 4.69) is 19.1 Å². The molecule has 0 aliphatic heterocycles. The van der Waals surface area contributed by atoms with Gasteiger partial charge in [0, 0.05) is 12.0 Å². The van der Waals surface area contributed by atoms with E-state index >= 15 is 0 Å². The molecule has 0 aromatic heterocycles. The summed E-state index contributed by atoms with van der Waals surface area (Å²) in [5, 5.41) is 9.61. The molecule has 0 aliphatic rings. The fraction of sp³-hybridized carbons (Fsp3) is 0.652. The Morgan fingerprint density at radius 1 is 0.929 bits per heavy atom.